The van der Waals surface area contributed by atoms with Gasteiger partial charge in [0, 0.05) is 30.5 Å². The van der Waals surface area contributed by atoms with Crippen LogP contribution in [0.3, 0.4) is 0 Å². The molecule has 37 heavy (non-hydrogen) atoms. The molecular formula is C31H31ClFNO3. The van der Waals surface area contributed by atoms with Gasteiger partial charge in [-0.3, -0.25) is 4.79 Å². The van der Waals surface area contributed by atoms with E-state index in [4.69, 9.17) is 9.84 Å². The van der Waals surface area contributed by atoms with Gasteiger partial charge in [-0.15, -0.1) is 12.4 Å². The summed E-state index contributed by atoms with van der Waals surface area (Å²) in [5, 5.41) is 15.2. The molecule has 1 aliphatic rings. The minimum Gasteiger partial charge on any atom is -0.489 e. The summed E-state index contributed by atoms with van der Waals surface area (Å²) in [6, 6.07) is 28.0. The van der Waals surface area contributed by atoms with Gasteiger partial charge in [0.2, 0.25) is 0 Å². The van der Waals surface area contributed by atoms with E-state index in [-0.39, 0.29) is 49.1 Å². The number of aryl methyl sites for hydroxylation is 1. The van der Waals surface area contributed by atoms with Crippen molar-refractivity contribution in [3.05, 3.63) is 113 Å². The molecular weight excluding hydrogens is 489 g/mol. The van der Waals surface area contributed by atoms with Crippen LogP contribution in [0.4, 0.5) is 4.39 Å². The number of benzene rings is 4. The normalized spacial score (nSPS) is 17.4. The fraction of sp³-hybridized carbons (Fsp3) is 0.258. The molecule has 0 saturated carbocycles. The highest BCUT2D eigenvalue weighted by molar-refractivity contribution is 5.86. The first-order valence-corrected chi connectivity index (χ1v) is 12.5. The molecule has 4 aromatic rings. The zero-order valence-corrected chi connectivity index (χ0v) is 21.5. The maximum absolute atomic E-state index is 14.4. The van der Waals surface area contributed by atoms with E-state index in [9.17, 15) is 9.18 Å². The summed E-state index contributed by atoms with van der Waals surface area (Å²) in [7, 11) is 0. The van der Waals surface area contributed by atoms with E-state index in [1.165, 1.54) is 22.4 Å². The molecule has 4 aromatic carbocycles. The number of para-hydroxylation sites is 1. The Hall–Kier alpha value is -3.41. The molecule has 0 bridgehead atoms. The van der Waals surface area contributed by atoms with E-state index in [1.807, 2.05) is 30.3 Å². The Balaban J connectivity index is 0.00000320. The van der Waals surface area contributed by atoms with Crippen molar-refractivity contribution in [1.82, 2.24) is 5.32 Å². The molecule has 1 aliphatic heterocycles. The van der Waals surface area contributed by atoms with Gasteiger partial charge in [0.1, 0.15) is 17.7 Å². The van der Waals surface area contributed by atoms with Crippen molar-refractivity contribution in [2.75, 3.05) is 6.54 Å². The van der Waals surface area contributed by atoms with E-state index in [1.54, 1.807) is 0 Å². The van der Waals surface area contributed by atoms with Gasteiger partial charge in [-0.2, -0.15) is 0 Å². The molecule has 1 heterocycles. The highest BCUT2D eigenvalue weighted by Crippen LogP contribution is 2.41. The molecule has 3 atom stereocenters. The standard InChI is InChI=1S/C31H30FNO3.ClH/c1-20(25-11-6-8-21-7-2-3-9-26(21)25)33-19-24-18-28(27-10-4-5-12-30(27)36-24)22-13-15-29(32)23(17-22)14-16-31(34)35;/h2-13,15,17,20,24,28,33H,14,16,18-19H2,1H3,(H,34,35);1H/t20-,24?,28?;/m1./s1. The zero-order chi connectivity index (χ0) is 25.1. The number of aliphatic carboxylic acids is 1. The van der Waals surface area contributed by atoms with Crippen molar-refractivity contribution in [1.29, 1.82) is 0 Å². The molecule has 2 unspecified atom stereocenters. The van der Waals surface area contributed by atoms with Crippen LogP contribution in [0, 0.1) is 5.82 Å². The zero-order valence-electron chi connectivity index (χ0n) is 20.7. The highest BCUT2D eigenvalue weighted by Gasteiger charge is 2.30. The van der Waals surface area contributed by atoms with Crippen molar-refractivity contribution in [2.45, 2.75) is 44.2 Å². The van der Waals surface area contributed by atoms with Crippen LogP contribution in [0.15, 0.2) is 84.9 Å². The summed E-state index contributed by atoms with van der Waals surface area (Å²) in [6.07, 6.45) is 0.766. The molecule has 0 aliphatic carbocycles. The maximum atomic E-state index is 14.4. The van der Waals surface area contributed by atoms with Gasteiger partial charge in [-0.05, 0) is 59.4 Å². The van der Waals surface area contributed by atoms with Crippen LogP contribution in [0.25, 0.3) is 10.8 Å². The number of carbonyl (C=O) groups is 1. The first kappa shape index (κ1) is 26.6. The summed E-state index contributed by atoms with van der Waals surface area (Å²) < 4.78 is 20.8. The number of hydrogen-bond donors (Lipinski definition) is 2. The lowest BCUT2D eigenvalue weighted by Crippen LogP contribution is -2.37. The second kappa shape index (κ2) is 11.8. The van der Waals surface area contributed by atoms with Crippen molar-refractivity contribution < 1.29 is 19.0 Å². The first-order valence-electron chi connectivity index (χ1n) is 12.5. The Labute approximate surface area is 222 Å². The minimum absolute atomic E-state index is 0. The number of carboxylic acids is 1. The van der Waals surface area contributed by atoms with Gasteiger partial charge < -0.3 is 15.2 Å². The molecule has 6 heteroatoms. The fourth-order valence-corrected chi connectivity index (χ4v) is 5.22. The van der Waals surface area contributed by atoms with Crippen LogP contribution in [0.1, 0.15) is 54.0 Å². The Bertz CT molecular complexity index is 1390. The second-order valence-electron chi connectivity index (χ2n) is 9.51. The Morgan fingerprint density at radius 2 is 1.81 bits per heavy atom. The van der Waals surface area contributed by atoms with Gasteiger partial charge in [-0.25, -0.2) is 4.39 Å². The van der Waals surface area contributed by atoms with E-state index in [2.05, 4.69) is 60.8 Å². The lowest BCUT2D eigenvalue weighted by Gasteiger charge is -2.33. The summed E-state index contributed by atoms with van der Waals surface area (Å²) in [6.45, 7) is 2.84. The summed E-state index contributed by atoms with van der Waals surface area (Å²) in [5.74, 6) is -0.404. The third-order valence-corrected chi connectivity index (χ3v) is 7.11. The highest BCUT2D eigenvalue weighted by atomic mass is 35.5. The van der Waals surface area contributed by atoms with Gasteiger partial charge in [0.15, 0.2) is 0 Å². The SMILES string of the molecule is C[C@@H](NCC1CC(c2ccc(F)c(CCC(=O)O)c2)c2ccccc2O1)c1cccc2ccccc12.Cl. The molecule has 0 aromatic heterocycles. The molecule has 0 fully saturated rings. The monoisotopic (exact) mass is 519 g/mol. The smallest absolute Gasteiger partial charge is 0.303 e. The number of carboxylic acid groups (broad SMARTS) is 1. The quantitative estimate of drug-likeness (QED) is 0.262. The average Bonchev–Trinajstić information content (AvgIpc) is 2.90. The van der Waals surface area contributed by atoms with Crippen molar-refractivity contribution in [2.24, 2.45) is 0 Å². The predicted molar refractivity (Wildman–Crippen MR) is 147 cm³/mol. The van der Waals surface area contributed by atoms with Crippen LogP contribution in [-0.4, -0.2) is 23.7 Å². The lowest BCUT2D eigenvalue weighted by atomic mass is 9.83. The Morgan fingerprint density at radius 3 is 2.65 bits per heavy atom. The molecule has 0 radical (unpaired) electrons. The molecule has 192 valence electrons. The molecule has 0 amide bonds. The van der Waals surface area contributed by atoms with Gasteiger partial charge in [0.05, 0.1) is 0 Å². The van der Waals surface area contributed by atoms with Crippen LogP contribution >= 0.6 is 12.4 Å². The number of fused-ring (bicyclic) bond motifs is 2. The van der Waals surface area contributed by atoms with Crippen molar-refractivity contribution in [3.63, 3.8) is 0 Å². The minimum atomic E-state index is -0.928. The van der Waals surface area contributed by atoms with E-state index >= 15 is 0 Å². The topological polar surface area (TPSA) is 58.6 Å². The molecule has 2 N–H and O–H groups in total. The molecule has 0 saturated heterocycles. The lowest BCUT2D eigenvalue weighted by molar-refractivity contribution is -0.136. The van der Waals surface area contributed by atoms with Crippen molar-refractivity contribution >= 4 is 29.1 Å². The van der Waals surface area contributed by atoms with Gasteiger partial charge in [0.25, 0.3) is 0 Å². The average molecular weight is 520 g/mol. The molecule has 5 rings (SSSR count). The van der Waals surface area contributed by atoms with E-state index in [0.717, 1.165) is 23.3 Å². The van der Waals surface area contributed by atoms with Crippen LogP contribution in [0.5, 0.6) is 5.75 Å². The van der Waals surface area contributed by atoms with E-state index < -0.39 is 5.97 Å². The van der Waals surface area contributed by atoms with Crippen molar-refractivity contribution in [3.8, 4) is 5.75 Å². The Morgan fingerprint density at radius 1 is 1.05 bits per heavy atom. The number of rotatable bonds is 8. The van der Waals surface area contributed by atoms with Crippen LogP contribution in [-0.2, 0) is 11.2 Å². The third kappa shape index (κ3) is 5.95. The second-order valence-corrected chi connectivity index (χ2v) is 9.51. The first-order chi connectivity index (χ1) is 17.5. The Kier molecular flexibility index (Phi) is 8.47. The molecule has 0 spiro atoms. The van der Waals surface area contributed by atoms with Crippen LogP contribution < -0.4 is 10.1 Å². The third-order valence-electron chi connectivity index (χ3n) is 7.11. The number of ether oxygens (including phenoxy) is 1. The predicted octanol–water partition coefficient (Wildman–Crippen LogP) is 7.05. The summed E-state index contributed by atoms with van der Waals surface area (Å²) >= 11 is 0. The van der Waals surface area contributed by atoms with Gasteiger partial charge >= 0.3 is 5.97 Å². The van der Waals surface area contributed by atoms with Gasteiger partial charge in [-0.1, -0.05) is 72.8 Å². The summed E-state index contributed by atoms with van der Waals surface area (Å²) in [5.41, 5.74) is 3.76. The van der Waals surface area contributed by atoms with Crippen LogP contribution in [0.2, 0.25) is 0 Å². The summed E-state index contributed by atoms with van der Waals surface area (Å²) in [4.78, 5) is 11.0. The fourth-order valence-electron chi connectivity index (χ4n) is 5.22. The number of halogens is 2. The number of hydrogen-bond acceptors (Lipinski definition) is 3. The largest absolute Gasteiger partial charge is 0.489 e. The number of nitrogens with one attached hydrogen (secondary N) is 1. The van der Waals surface area contributed by atoms with E-state index in [0.29, 0.717) is 12.1 Å². The maximum Gasteiger partial charge on any atom is 0.303 e. The molecule has 4 nitrogen and oxygen atoms in total.